The van der Waals surface area contributed by atoms with E-state index in [0.29, 0.717) is 29.2 Å². The summed E-state index contributed by atoms with van der Waals surface area (Å²) in [6, 6.07) is 0.525. The highest BCUT2D eigenvalue weighted by atomic mass is 19.4. The van der Waals surface area contributed by atoms with Crippen LogP contribution in [0.5, 0.6) is 0 Å². The highest BCUT2D eigenvalue weighted by Crippen LogP contribution is 2.45. The minimum absolute atomic E-state index is 0.102. The molecule has 0 saturated heterocycles. The Balaban J connectivity index is 2.22. The molecule has 0 aromatic heterocycles. The number of hydrogen-bond acceptors (Lipinski definition) is 3. The van der Waals surface area contributed by atoms with Gasteiger partial charge in [0.05, 0.1) is 35.5 Å². The molecular weight excluding hydrogens is 551 g/mol. The third kappa shape index (κ3) is 6.33. The number of anilines is 1. The second-order valence-corrected chi connectivity index (χ2v) is 8.75. The molecule has 2 aromatic rings. The Kier molecular flexibility index (Phi) is 8.04. The van der Waals surface area contributed by atoms with Crippen LogP contribution in [0.2, 0.25) is 0 Å². The first-order valence-corrected chi connectivity index (χ1v) is 11.2. The van der Waals surface area contributed by atoms with E-state index in [-0.39, 0.29) is 30.2 Å². The SMILES string of the molecule is CC[C@@H]1CC(N(Cc2cc(C(F)(F)F)cc(C(F)(F)F)c2)C(=O)OC)c2cc(C(F)(F)F)ccc2N1C(=O)O. The number of fused-ring (bicyclic) bond motifs is 1. The zero-order valence-corrected chi connectivity index (χ0v) is 20.2. The minimum Gasteiger partial charge on any atom is -0.465 e. The van der Waals surface area contributed by atoms with Crippen molar-refractivity contribution >= 4 is 17.9 Å². The lowest BCUT2D eigenvalue weighted by atomic mass is 9.87. The third-order valence-corrected chi connectivity index (χ3v) is 6.30. The Morgan fingerprint density at radius 3 is 1.90 bits per heavy atom. The molecule has 3 rings (SSSR count). The average molecular weight is 572 g/mol. The number of nitrogens with zero attached hydrogens (tertiary/aromatic N) is 2. The summed E-state index contributed by atoms with van der Waals surface area (Å²) in [5, 5.41) is 9.73. The molecule has 15 heteroatoms. The van der Waals surface area contributed by atoms with Gasteiger partial charge in [0.25, 0.3) is 0 Å². The number of hydrogen-bond donors (Lipinski definition) is 1. The van der Waals surface area contributed by atoms with E-state index in [2.05, 4.69) is 4.74 Å². The normalized spacial score (nSPS) is 18.0. The zero-order chi connectivity index (χ0) is 29.5. The van der Waals surface area contributed by atoms with E-state index in [9.17, 15) is 54.2 Å². The standard InChI is InChI=1S/C24H21F9N2O4/c1-3-16-10-19(17-9-13(22(25,26)27)4-5-18(17)35(16)20(36)37)34(21(38)39-2)11-12-6-14(23(28,29)30)8-15(7-12)24(31,32)33/h4-9,16,19H,3,10-11H2,1-2H3,(H,36,37)/t16-,19?/m1/s1. The maximum Gasteiger partial charge on any atom is 0.416 e. The van der Waals surface area contributed by atoms with E-state index < -0.39 is 71.6 Å². The summed E-state index contributed by atoms with van der Waals surface area (Å²) in [4.78, 5) is 26.3. The quantitative estimate of drug-likeness (QED) is 0.381. The molecule has 2 aromatic carbocycles. The smallest absolute Gasteiger partial charge is 0.416 e. The van der Waals surface area contributed by atoms with Gasteiger partial charge in [-0.05, 0) is 60.4 Å². The largest absolute Gasteiger partial charge is 0.465 e. The van der Waals surface area contributed by atoms with Crippen LogP contribution in [0.25, 0.3) is 0 Å². The zero-order valence-electron chi connectivity index (χ0n) is 20.2. The van der Waals surface area contributed by atoms with Crippen LogP contribution in [0.15, 0.2) is 36.4 Å². The number of carbonyl (C=O) groups is 2. The van der Waals surface area contributed by atoms with Crippen LogP contribution in [0.1, 0.15) is 53.6 Å². The van der Waals surface area contributed by atoms with Gasteiger partial charge >= 0.3 is 30.7 Å². The number of ether oxygens (including phenoxy) is 1. The van der Waals surface area contributed by atoms with E-state index >= 15 is 0 Å². The first-order chi connectivity index (χ1) is 17.9. The van der Waals surface area contributed by atoms with Gasteiger partial charge in [0, 0.05) is 12.6 Å². The Bertz CT molecular complexity index is 1210. The fourth-order valence-corrected chi connectivity index (χ4v) is 4.53. The highest BCUT2D eigenvalue weighted by Gasteiger charge is 2.43. The number of benzene rings is 2. The van der Waals surface area contributed by atoms with Gasteiger partial charge in [-0.15, -0.1) is 0 Å². The van der Waals surface area contributed by atoms with Gasteiger partial charge in [-0.3, -0.25) is 9.80 Å². The highest BCUT2D eigenvalue weighted by molar-refractivity contribution is 5.89. The van der Waals surface area contributed by atoms with Gasteiger partial charge in [-0.2, -0.15) is 39.5 Å². The van der Waals surface area contributed by atoms with Crippen molar-refractivity contribution in [2.75, 3.05) is 12.0 Å². The van der Waals surface area contributed by atoms with E-state index in [1.807, 2.05) is 0 Å². The van der Waals surface area contributed by atoms with Crippen LogP contribution in [-0.2, 0) is 29.8 Å². The molecule has 1 aliphatic heterocycles. The molecule has 0 saturated carbocycles. The number of rotatable bonds is 4. The van der Waals surface area contributed by atoms with Crippen molar-refractivity contribution in [3.63, 3.8) is 0 Å². The maximum atomic E-state index is 13.5. The minimum atomic E-state index is -5.18. The molecule has 214 valence electrons. The van der Waals surface area contributed by atoms with Crippen molar-refractivity contribution in [2.45, 2.75) is 56.9 Å². The van der Waals surface area contributed by atoms with Gasteiger partial charge < -0.3 is 9.84 Å². The van der Waals surface area contributed by atoms with Crippen LogP contribution < -0.4 is 4.90 Å². The van der Waals surface area contributed by atoms with Crippen LogP contribution in [0.4, 0.5) is 54.8 Å². The average Bonchev–Trinajstić information content (AvgIpc) is 2.83. The topological polar surface area (TPSA) is 70.1 Å². The first-order valence-electron chi connectivity index (χ1n) is 11.2. The molecule has 0 bridgehead atoms. The van der Waals surface area contributed by atoms with Crippen LogP contribution in [0.3, 0.4) is 0 Å². The van der Waals surface area contributed by atoms with E-state index in [4.69, 9.17) is 0 Å². The number of carbonyl (C=O) groups excluding carboxylic acids is 1. The van der Waals surface area contributed by atoms with Crippen molar-refractivity contribution in [3.8, 4) is 0 Å². The third-order valence-electron chi connectivity index (χ3n) is 6.30. The Morgan fingerprint density at radius 1 is 0.923 bits per heavy atom. The predicted octanol–water partition coefficient (Wildman–Crippen LogP) is 7.72. The second-order valence-electron chi connectivity index (χ2n) is 8.75. The predicted molar refractivity (Wildman–Crippen MR) is 118 cm³/mol. The maximum absolute atomic E-state index is 13.5. The number of amides is 2. The van der Waals surface area contributed by atoms with Gasteiger partial charge in [-0.25, -0.2) is 9.59 Å². The fraction of sp³-hybridized carbons (Fsp3) is 0.417. The lowest BCUT2D eigenvalue weighted by Gasteiger charge is -2.43. The van der Waals surface area contributed by atoms with Crippen LogP contribution in [-0.4, -0.2) is 35.3 Å². The van der Waals surface area contributed by atoms with Gasteiger partial charge in [0.2, 0.25) is 0 Å². The van der Waals surface area contributed by atoms with Crippen molar-refractivity contribution in [3.05, 3.63) is 64.2 Å². The molecule has 0 fully saturated rings. The van der Waals surface area contributed by atoms with Crippen molar-refractivity contribution < 1.29 is 58.9 Å². The fourth-order valence-electron chi connectivity index (χ4n) is 4.53. The summed E-state index contributed by atoms with van der Waals surface area (Å²) in [5.74, 6) is 0. The van der Waals surface area contributed by atoms with Crippen molar-refractivity contribution in [1.82, 2.24) is 4.90 Å². The van der Waals surface area contributed by atoms with E-state index in [1.54, 1.807) is 6.92 Å². The molecule has 2 atom stereocenters. The molecule has 39 heavy (non-hydrogen) atoms. The van der Waals surface area contributed by atoms with Crippen molar-refractivity contribution in [1.29, 1.82) is 0 Å². The van der Waals surface area contributed by atoms with Crippen molar-refractivity contribution in [2.24, 2.45) is 0 Å². The number of methoxy groups -OCH3 is 1. The van der Waals surface area contributed by atoms with E-state index in [0.717, 1.165) is 18.1 Å². The summed E-state index contributed by atoms with van der Waals surface area (Å²) < 4.78 is 126. The van der Waals surface area contributed by atoms with Crippen LogP contribution in [0, 0.1) is 0 Å². The summed E-state index contributed by atoms with van der Waals surface area (Å²) in [7, 11) is 0.874. The first kappa shape index (κ1) is 29.9. The van der Waals surface area contributed by atoms with Gasteiger partial charge in [0.1, 0.15) is 0 Å². The van der Waals surface area contributed by atoms with Gasteiger partial charge in [0.15, 0.2) is 0 Å². The van der Waals surface area contributed by atoms with Gasteiger partial charge in [-0.1, -0.05) is 6.92 Å². The molecule has 1 heterocycles. The Hall–Kier alpha value is -3.65. The number of alkyl halides is 9. The molecule has 1 aliphatic rings. The Labute approximate surface area is 215 Å². The summed E-state index contributed by atoms with van der Waals surface area (Å²) in [6.45, 7) is 0.654. The molecule has 2 amide bonds. The number of halogens is 9. The summed E-state index contributed by atoms with van der Waals surface area (Å²) >= 11 is 0. The molecular formula is C24H21F9N2O4. The molecule has 0 spiro atoms. The summed E-state index contributed by atoms with van der Waals surface area (Å²) in [5.41, 5.74) is -5.65. The van der Waals surface area contributed by atoms with E-state index in [1.165, 1.54) is 0 Å². The molecule has 6 nitrogen and oxygen atoms in total. The molecule has 1 unspecified atom stereocenters. The number of carboxylic acid groups (broad SMARTS) is 1. The molecule has 0 aliphatic carbocycles. The summed E-state index contributed by atoms with van der Waals surface area (Å²) in [6.07, 6.45) is -18.2. The second kappa shape index (κ2) is 10.5. The van der Waals surface area contributed by atoms with Crippen LogP contribution >= 0.6 is 0 Å². The Morgan fingerprint density at radius 2 is 1.46 bits per heavy atom. The lowest BCUT2D eigenvalue weighted by molar-refractivity contribution is -0.143. The molecule has 1 N–H and O–H groups in total. The lowest BCUT2D eigenvalue weighted by Crippen LogP contribution is -2.48. The monoisotopic (exact) mass is 572 g/mol. The molecule has 0 radical (unpaired) electrons.